The van der Waals surface area contributed by atoms with Crippen LogP contribution in [0.25, 0.3) is 0 Å². The monoisotopic (exact) mass is 295 g/mol. The van der Waals surface area contributed by atoms with E-state index in [0.29, 0.717) is 0 Å². The van der Waals surface area contributed by atoms with Crippen molar-refractivity contribution in [2.24, 2.45) is 0 Å². The van der Waals surface area contributed by atoms with Crippen LogP contribution < -0.4 is 10.6 Å². The van der Waals surface area contributed by atoms with Crippen LogP contribution in [-0.2, 0) is 4.79 Å². The van der Waals surface area contributed by atoms with Crippen LogP contribution in [0.3, 0.4) is 0 Å². The van der Waals surface area contributed by atoms with Crippen molar-refractivity contribution in [1.29, 1.82) is 0 Å². The van der Waals surface area contributed by atoms with Gasteiger partial charge in [0, 0.05) is 6.04 Å². The molecule has 2 rings (SSSR count). The SMILES string of the molecule is C[C@@H](C(=O)NC(=O)NC1CCCC1)N1CCCCCCC1. The third kappa shape index (κ3) is 5.30. The zero-order valence-corrected chi connectivity index (χ0v) is 13.2. The molecule has 0 unspecified atom stereocenters. The van der Waals surface area contributed by atoms with Crippen LogP contribution in [0.2, 0.25) is 0 Å². The van der Waals surface area contributed by atoms with E-state index in [9.17, 15) is 9.59 Å². The fourth-order valence-electron chi connectivity index (χ4n) is 3.33. The molecule has 1 aliphatic heterocycles. The van der Waals surface area contributed by atoms with Crippen molar-refractivity contribution in [3.05, 3.63) is 0 Å². The summed E-state index contributed by atoms with van der Waals surface area (Å²) in [6.45, 7) is 3.82. The molecular weight excluding hydrogens is 266 g/mol. The van der Waals surface area contributed by atoms with Crippen molar-refractivity contribution in [3.8, 4) is 0 Å². The molecule has 120 valence electrons. The minimum absolute atomic E-state index is 0.175. The van der Waals surface area contributed by atoms with E-state index in [4.69, 9.17) is 0 Å². The molecule has 1 saturated heterocycles. The largest absolute Gasteiger partial charge is 0.335 e. The molecule has 2 aliphatic rings. The quantitative estimate of drug-likeness (QED) is 0.840. The first-order valence-electron chi connectivity index (χ1n) is 8.52. The lowest BCUT2D eigenvalue weighted by atomic mass is 10.1. The van der Waals surface area contributed by atoms with Crippen molar-refractivity contribution in [1.82, 2.24) is 15.5 Å². The molecule has 5 heteroatoms. The number of hydrogen-bond donors (Lipinski definition) is 2. The molecule has 0 bridgehead atoms. The van der Waals surface area contributed by atoms with Crippen LogP contribution in [0, 0.1) is 0 Å². The summed E-state index contributed by atoms with van der Waals surface area (Å²) in [7, 11) is 0. The third-order valence-electron chi connectivity index (χ3n) is 4.74. The smallest absolute Gasteiger partial charge is 0.321 e. The van der Waals surface area contributed by atoms with Gasteiger partial charge in [0.25, 0.3) is 0 Å². The molecule has 1 aliphatic carbocycles. The maximum absolute atomic E-state index is 12.2. The highest BCUT2D eigenvalue weighted by Gasteiger charge is 2.24. The van der Waals surface area contributed by atoms with Crippen molar-refractivity contribution in [2.75, 3.05) is 13.1 Å². The summed E-state index contributed by atoms with van der Waals surface area (Å²) in [6, 6.07) is -0.307. The molecule has 1 heterocycles. The number of hydrogen-bond acceptors (Lipinski definition) is 3. The normalized spacial score (nSPS) is 23.1. The van der Waals surface area contributed by atoms with E-state index < -0.39 is 0 Å². The van der Waals surface area contributed by atoms with E-state index in [2.05, 4.69) is 15.5 Å². The van der Waals surface area contributed by atoms with E-state index in [1.54, 1.807) is 0 Å². The number of nitrogens with one attached hydrogen (secondary N) is 2. The van der Waals surface area contributed by atoms with Gasteiger partial charge < -0.3 is 5.32 Å². The molecule has 0 aromatic carbocycles. The van der Waals surface area contributed by atoms with Crippen LogP contribution >= 0.6 is 0 Å². The summed E-state index contributed by atoms with van der Waals surface area (Å²) in [5, 5.41) is 5.41. The maximum Gasteiger partial charge on any atom is 0.321 e. The first-order valence-corrected chi connectivity index (χ1v) is 8.52. The molecule has 1 saturated carbocycles. The molecule has 21 heavy (non-hydrogen) atoms. The fraction of sp³-hybridized carbons (Fsp3) is 0.875. The predicted octanol–water partition coefficient (Wildman–Crippen LogP) is 2.41. The lowest BCUT2D eigenvalue weighted by molar-refractivity contribution is -0.124. The topological polar surface area (TPSA) is 61.4 Å². The zero-order valence-electron chi connectivity index (χ0n) is 13.2. The van der Waals surface area contributed by atoms with Gasteiger partial charge in [-0.1, -0.05) is 32.1 Å². The number of carbonyl (C=O) groups excluding carboxylic acids is 2. The Hall–Kier alpha value is -1.10. The number of nitrogens with zero attached hydrogens (tertiary/aromatic N) is 1. The first kappa shape index (κ1) is 16.3. The number of imide groups is 1. The molecule has 0 aromatic heterocycles. The van der Waals surface area contributed by atoms with Crippen LogP contribution in [-0.4, -0.2) is 42.0 Å². The number of likely N-dealkylation sites (tertiary alicyclic amines) is 1. The summed E-state index contributed by atoms with van der Waals surface area (Å²) >= 11 is 0. The fourth-order valence-corrected chi connectivity index (χ4v) is 3.33. The first-order chi connectivity index (χ1) is 10.2. The van der Waals surface area contributed by atoms with Crippen molar-refractivity contribution < 1.29 is 9.59 Å². The lowest BCUT2D eigenvalue weighted by Crippen LogP contribution is -2.51. The third-order valence-corrected chi connectivity index (χ3v) is 4.74. The van der Waals surface area contributed by atoms with Gasteiger partial charge >= 0.3 is 6.03 Å². The van der Waals surface area contributed by atoms with Gasteiger partial charge in [0.1, 0.15) is 0 Å². The molecule has 2 fully saturated rings. The van der Waals surface area contributed by atoms with E-state index in [0.717, 1.165) is 38.8 Å². The van der Waals surface area contributed by atoms with Crippen molar-refractivity contribution >= 4 is 11.9 Å². The van der Waals surface area contributed by atoms with Gasteiger partial charge in [0.15, 0.2) is 0 Å². The Balaban J connectivity index is 1.76. The van der Waals surface area contributed by atoms with E-state index in [1.807, 2.05) is 6.92 Å². The molecule has 5 nitrogen and oxygen atoms in total. The van der Waals surface area contributed by atoms with Crippen LogP contribution in [0.15, 0.2) is 0 Å². The Bertz CT molecular complexity index is 345. The summed E-state index contributed by atoms with van der Waals surface area (Å²) in [5.74, 6) is -0.175. The van der Waals surface area contributed by atoms with Crippen molar-refractivity contribution in [3.63, 3.8) is 0 Å². The number of amides is 3. The lowest BCUT2D eigenvalue weighted by Gasteiger charge is -2.29. The van der Waals surface area contributed by atoms with E-state index in [1.165, 1.54) is 32.1 Å². The maximum atomic E-state index is 12.2. The number of urea groups is 1. The molecule has 0 aromatic rings. The average molecular weight is 295 g/mol. The Morgan fingerprint density at radius 2 is 1.52 bits per heavy atom. The Morgan fingerprint density at radius 1 is 0.952 bits per heavy atom. The molecule has 0 spiro atoms. The summed E-state index contributed by atoms with van der Waals surface area (Å²) < 4.78 is 0. The standard InChI is InChI=1S/C16H29N3O2/c1-13(19-11-7-3-2-4-8-12-19)15(20)18-16(21)17-14-9-5-6-10-14/h13-14H,2-12H2,1H3,(H2,17,18,20,21)/t13-/m0/s1. The Kier molecular flexibility index (Phi) is 6.49. The molecule has 2 N–H and O–H groups in total. The van der Waals surface area contributed by atoms with Gasteiger partial charge in [-0.05, 0) is 45.7 Å². The van der Waals surface area contributed by atoms with Gasteiger partial charge in [-0.15, -0.1) is 0 Å². The number of carbonyl (C=O) groups is 2. The highest BCUT2D eigenvalue weighted by atomic mass is 16.2. The van der Waals surface area contributed by atoms with Crippen molar-refractivity contribution in [2.45, 2.75) is 76.8 Å². The molecule has 1 atom stereocenters. The zero-order chi connectivity index (χ0) is 15.1. The predicted molar refractivity (Wildman–Crippen MR) is 83.1 cm³/mol. The second-order valence-corrected chi connectivity index (χ2v) is 6.42. The summed E-state index contributed by atoms with van der Waals surface area (Å²) in [5.41, 5.74) is 0. The van der Waals surface area contributed by atoms with Gasteiger partial charge in [-0.25, -0.2) is 4.79 Å². The van der Waals surface area contributed by atoms with Gasteiger partial charge in [0.2, 0.25) is 5.91 Å². The van der Waals surface area contributed by atoms with Gasteiger partial charge in [0.05, 0.1) is 6.04 Å². The van der Waals surface area contributed by atoms with Crippen LogP contribution in [0.4, 0.5) is 4.79 Å². The highest BCUT2D eigenvalue weighted by Crippen LogP contribution is 2.17. The second-order valence-electron chi connectivity index (χ2n) is 6.42. The number of rotatable bonds is 3. The molecule has 0 radical (unpaired) electrons. The minimum Gasteiger partial charge on any atom is -0.335 e. The molecular formula is C16H29N3O2. The van der Waals surface area contributed by atoms with E-state index in [-0.39, 0.29) is 24.0 Å². The molecule has 3 amide bonds. The summed E-state index contributed by atoms with van der Waals surface area (Å²) in [4.78, 5) is 26.3. The van der Waals surface area contributed by atoms with Gasteiger partial charge in [-0.3, -0.25) is 15.0 Å². The summed E-state index contributed by atoms with van der Waals surface area (Å²) in [6.07, 6.45) is 10.5. The van der Waals surface area contributed by atoms with Gasteiger partial charge in [-0.2, -0.15) is 0 Å². The average Bonchev–Trinajstić information content (AvgIpc) is 2.90. The van der Waals surface area contributed by atoms with E-state index >= 15 is 0 Å². The Labute approximate surface area is 127 Å². The Morgan fingerprint density at radius 3 is 2.14 bits per heavy atom. The van der Waals surface area contributed by atoms with Crippen LogP contribution in [0.1, 0.15) is 64.7 Å². The highest BCUT2D eigenvalue weighted by molar-refractivity contribution is 5.96. The minimum atomic E-state index is -0.328. The second kappa shape index (κ2) is 8.37. The van der Waals surface area contributed by atoms with Crippen LogP contribution in [0.5, 0.6) is 0 Å².